The van der Waals surface area contributed by atoms with Crippen LogP contribution in [0.15, 0.2) is 36.2 Å². The molecule has 1 heterocycles. The van der Waals surface area contributed by atoms with Crippen LogP contribution >= 0.6 is 0 Å². The van der Waals surface area contributed by atoms with Crippen molar-refractivity contribution in [2.75, 3.05) is 33.7 Å². The molecular formula is C17H27N3O2. The molecule has 0 amide bonds. The Morgan fingerprint density at radius 1 is 1.27 bits per heavy atom. The molecule has 1 N–H and O–H groups in total. The van der Waals surface area contributed by atoms with Crippen LogP contribution in [0.1, 0.15) is 11.4 Å². The van der Waals surface area contributed by atoms with Crippen molar-refractivity contribution in [3.63, 3.8) is 0 Å². The lowest BCUT2D eigenvalue weighted by Gasteiger charge is -2.24. The third-order valence-corrected chi connectivity index (χ3v) is 3.52. The van der Waals surface area contributed by atoms with Crippen molar-refractivity contribution in [3.8, 4) is 5.75 Å². The molecule has 22 heavy (non-hydrogen) atoms. The first-order valence-corrected chi connectivity index (χ1v) is 7.41. The quantitative estimate of drug-likeness (QED) is 0.704. The molecule has 1 aromatic rings. The average Bonchev–Trinajstić information content (AvgIpc) is 2.44. The van der Waals surface area contributed by atoms with Crippen LogP contribution in [0, 0.1) is 6.92 Å². The van der Waals surface area contributed by atoms with Gasteiger partial charge in [0.05, 0.1) is 5.69 Å². The first-order valence-electron chi connectivity index (χ1n) is 7.41. The number of nitrogens with zero attached hydrogens (tertiary/aromatic N) is 3. The normalized spacial score (nSPS) is 11.1. The van der Waals surface area contributed by atoms with E-state index in [4.69, 9.17) is 0 Å². The van der Waals surface area contributed by atoms with Crippen LogP contribution in [0.2, 0.25) is 0 Å². The van der Waals surface area contributed by atoms with E-state index >= 15 is 0 Å². The number of hydrogen-bond donors (Lipinski definition) is 1. The van der Waals surface area contributed by atoms with Gasteiger partial charge in [0.2, 0.25) is 5.43 Å². The molecule has 0 aliphatic rings. The van der Waals surface area contributed by atoms with Crippen LogP contribution in [-0.2, 0) is 13.1 Å². The zero-order valence-corrected chi connectivity index (χ0v) is 13.9. The second kappa shape index (κ2) is 8.56. The highest BCUT2D eigenvalue weighted by atomic mass is 16.3. The Morgan fingerprint density at radius 3 is 2.36 bits per heavy atom. The largest absolute Gasteiger partial charge is 0.503 e. The Balaban J connectivity index is 3.20. The highest BCUT2D eigenvalue weighted by molar-refractivity contribution is 5.30. The van der Waals surface area contributed by atoms with Gasteiger partial charge in [-0.1, -0.05) is 12.2 Å². The van der Waals surface area contributed by atoms with Gasteiger partial charge in [-0.3, -0.25) is 9.69 Å². The summed E-state index contributed by atoms with van der Waals surface area (Å²) in [5.74, 6) is -0.164. The number of hydrogen-bond acceptors (Lipinski definition) is 4. The monoisotopic (exact) mass is 305 g/mol. The fourth-order valence-corrected chi connectivity index (χ4v) is 2.37. The van der Waals surface area contributed by atoms with Gasteiger partial charge in [0.15, 0.2) is 5.75 Å². The summed E-state index contributed by atoms with van der Waals surface area (Å²) in [4.78, 5) is 16.1. The number of aromatic nitrogens is 1. The number of aryl methyl sites for hydroxylation is 1. The van der Waals surface area contributed by atoms with Crippen LogP contribution in [0.25, 0.3) is 0 Å². The van der Waals surface area contributed by atoms with E-state index in [1.807, 2.05) is 25.6 Å². The summed E-state index contributed by atoms with van der Waals surface area (Å²) in [7, 11) is 4.00. The maximum Gasteiger partial charge on any atom is 0.223 e. The van der Waals surface area contributed by atoms with E-state index in [-0.39, 0.29) is 11.2 Å². The van der Waals surface area contributed by atoms with E-state index < -0.39 is 0 Å². The molecule has 0 saturated heterocycles. The predicted octanol–water partition coefficient (Wildman–Crippen LogP) is 1.60. The summed E-state index contributed by atoms with van der Waals surface area (Å²) in [6, 6.07) is 1.49. The fraction of sp³-hybridized carbons (Fsp3) is 0.471. The predicted molar refractivity (Wildman–Crippen MR) is 91.3 cm³/mol. The molecule has 0 atom stereocenters. The Bertz CT molecular complexity index is 566. The highest BCUT2D eigenvalue weighted by Crippen LogP contribution is 2.17. The molecule has 0 aromatic carbocycles. The molecule has 0 bridgehead atoms. The molecule has 0 aliphatic heterocycles. The van der Waals surface area contributed by atoms with Gasteiger partial charge in [0, 0.05) is 44.5 Å². The molecule has 0 radical (unpaired) electrons. The minimum Gasteiger partial charge on any atom is -0.503 e. The van der Waals surface area contributed by atoms with Gasteiger partial charge in [-0.25, -0.2) is 0 Å². The lowest BCUT2D eigenvalue weighted by molar-refractivity contribution is 0.300. The van der Waals surface area contributed by atoms with Gasteiger partial charge in [-0.05, 0) is 21.0 Å². The van der Waals surface area contributed by atoms with Crippen molar-refractivity contribution in [2.24, 2.45) is 0 Å². The first kappa shape index (κ1) is 18.2. The number of rotatable bonds is 9. The lowest BCUT2D eigenvalue weighted by atomic mass is 10.2. The molecule has 0 saturated carbocycles. The first-order chi connectivity index (χ1) is 10.4. The number of aromatic hydroxyl groups is 1. The third-order valence-electron chi connectivity index (χ3n) is 3.52. The summed E-state index contributed by atoms with van der Waals surface area (Å²) < 4.78 is 2.01. The molecule has 0 spiro atoms. The van der Waals surface area contributed by atoms with Crippen molar-refractivity contribution in [1.29, 1.82) is 0 Å². The van der Waals surface area contributed by atoms with Gasteiger partial charge >= 0.3 is 0 Å². The Labute approximate surface area is 132 Å². The topological polar surface area (TPSA) is 48.7 Å². The summed E-state index contributed by atoms with van der Waals surface area (Å²) in [6.45, 7) is 12.8. The van der Waals surface area contributed by atoms with Gasteiger partial charge in [-0.2, -0.15) is 0 Å². The summed E-state index contributed by atoms with van der Waals surface area (Å²) in [5.41, 5.74) is 1.18. The second-order valence-corrected chi connectivity index (χ2v) is 5.67. The molecule has 0 fully saturated rings. The molecule has 5 nitrogen and oxygen atoms in total. The maximum absolute atomic E-state index is 11.9. The molecule has 0 unspecified atom stereocenters. The second-order valence-electron chi connectivity index (χ2n) is 5.67. The van der Waals surface area contributed by atoms with Crippen molar-refractivity contribution >= 4 is 0 Å². The Morgan fingerprint density at radius 2 is 1.86 bits per heavy atom. The fourth-order valence-electron chi connectivity index (χ4n) is 2.37. The van der Waals surface area contributed by atoms with E-state index in [1.54, 1.807) is 12.2 Å². The minimum atomic E-state index is -0.328. The number of pyridine rings is 1. The smallest absolute Gasteiger partial charge is 0.223 e. The zero-order chi connectivity index (χ0) is 16.7. The van der Waals surface area contributed by atoms with E-state index in [2.05, 4.69) is 23.0 Å². The number of likely N-dealkylation sites (N-methyl/N-ethyl adjacent to an activating group) is 1. The third kappa shape index (κ3) is 4.86. The van der Waals surface area contributed by atoms with Crippen molar-refractivity contribution in [3.05, 3.63) is 53.0 Å². The Kier molecular flexibility index (Phi) is 7.08. The van der Waals surface area contributed by atoms with Crippen molar-refractivity contribution in [1.82, 2.24) is 14.4 Å². The van der Waals surface area contributed by atoms with Gasteiger partial charge in [0.25, 0.3) is 0 Å². The zero-order valence-electron chi connectivity index (χ0n) is 13.9. The van der Waals surface area contributed by atoms with E-state index in [1.165, 1.54) is 6.07 Å². The van der Waals surface area contributed by atoms with E-state index in [0.29, 0.717) is 25.3 Å². The van der Waals surface area contributed by atoms with Gasteiger partial charge < -0.3 is 14.6 Å². The van der Waals surface area contributed by atoms with Crippen LogP contribution in [0.5, 0.6) is 5.75 Å². The van der Waals surface area contributed by atoms with Crippen molar-refractivity contribution < 1.29 is 5.11 Å². The summed E-state index contributed by atoms with van der Waals surface area (Å²) >= 11 is 0. The van der Waals surface area contributed by atoms with Crippen LogP contribution in [0.4, 0.5) is 0 Å². The standard InChI is InChI=1S/C17H27N3O2/c1-6-8-19(9-7-2)13-15-17(22)16(21)12-14(3)20(15)11-10-18(4)5/h6-7,12,22H,1-2,8-11,13H2,3-5H3. The summed E-state index contributed by atoms with van der Waals surface area (Å²) in [6.07, 6.45) is 3.61. The molecule has 122 valence electrons. The SMILES string of the molecule is C=CCN(CC=C)Cc1c(O)c(=O)cc(C)n1CCN(C)C. The molecular weight excluding hydrogens is 278 g/mol. The van der Waals surface area contributed by atoms with Crippen LogP contribution < -0.4 is 5.43 Å². The Hall–Kier alpha value is -1.85. The minimum absolute atomic E-state index is 0.164. The van der Waals surface area contributed by atoms with Crippen LogP contribution in [-0.4, -0.2) is 53.2 Å². The molecule has 1 aromatic heterocycles. The van der Waals surface area contributed by atoms with E-state index in [9.17, 15) is 9.90 Å². The van der Waals surface area contributed by atoms with Crippen molar-refractivity contribution in [2.45, 2.75) is 20.0 Å². The van der Waals surface area contributed by atoms with E-state index in [0.717, 1.165) is 18.8 Å². The summed E-state index contributed by atoms with van der Waals surface area (Å²) in [5, 5.41) is 10.2. The molecule has 5 heteroatoms. The highest BCUT2D eigenvalue weighted by Gasteiger charge is 2.15. The molecule has 0 aliphatic carbocycles. The average molecular weight is 305 g/mol. The molecule has 1 rings (SSSR count). The maximum atomic E-state index is 11.9. The van der Waals surface area contributed by atoms with Gasteiger partial charge in [-0.15, -0.1) is 13.2 Å². The van der Waals surface area contributed by atoms with Crippen LogP contribution in [0.3, 0.4) is 0 Å². The lowest BCUT2D eigenvalue weighted by Crippen LogP contribution is -2.29. The van der Waals surface area contributed by atoms with Gasteiger partial charge in [0.1, 0.15) is 0 Å².